The standard InChI is InChI=1S/C28H33N7O7/c1-28(2,3)42-24(38)14-21(31-27(40)41-17-18-9-6-5-7-10-18)22(36)16-35-33-25(32-34-35)19-11-8-12-20(13-19)26(39)30-15-23(37)29-4/h5-13,21H,14-17H2,1-4H3,(H,29,37)(H,30,39)(H,31,40). The first kappa shape index (κ1) is 31.4. The van der Waals surface area contributed by atoms with Gasteiger partial charge in [-0.05, 0) is 43.7 Å². The molecule has 222 valence electrons. The number of hydrogen-bond donors (Lipinski definition) is 3. The predicted molar refractivity (Wildman–Crippen MR) is 149 cm³/mol. The Morgan fingerprint density at radius 2 is 1.74 bits per heavy atom. The fourth-order valence-electron chi connectivity index (χ4n) is 3.53. The van der Waals surface area contributed by atoms with Gasteiger partial charge in [-0.25, -0.2) is 4.79 Å². The molecule has 0 aliphatic heterocycles. The SMILES string of the molecule is CNC(=O)CNC(=O)c1cccc(-c2nnn(CC(=O)C(CC(=O)OC(C)(C)C)NC(=O)OCc3ccccc3)n2)c1. The highest BCUT2D eigenvalue weighted by Crippen LogP contribution is 2.16. The smallest absolute Gasteiger partial charge is 0.408 e. The van der Waals surface area contributed by atoms with E-state index in [0.29, 0.717) is 5.56 Å². The van der Waals surface area contributed by atoms with Crippen LogP contribution < -0.4 is 16.0 Å². The molecule has 1 aromatic heterocycles. The second-order valence-corrected chi connectivity index (χ2v) is 10.1. The average Bonchev–Trinajstić information content (AvgIpc) is 3.42. The van der Waals surface area contributed by atoms with Gasteiger partial charge in [-0.15, -0.1) is 10.2 Å². The lowest BCUT2D eigenvalue weighted by Gasteiger charge is -2.22. The van der Waals surface area contributed by atoms with E-state index in [4.69, 9.17) is 9.47 Å². The lowest BCUT2D eigenvalue weighted by molar-refractivity contribution is -0.156. The summed E-state index contributed by atoms with van der Waals surface area (Å²) in [4.78, 5) is 62.9. The van der Waals surface area contributed by atoms with Crippen LogP contribution >= 0.6 is 0 Å². The Morgan fingerprint density at radius 3 is 2.43 bits per heavy atom. The lowest BCUT2D eigenvalue weighted by atomic mass is 10.1. The minimum absolute atomic E-state index is 0.0309. The summed E-state index contributed by atoms with van der Waals surface area (Å²) in [5.41, 5.74) is 0.651. The maximum Gasteiger partial charge on any atom is 0.408 e. The van der Waals surface area contributed by atoms with Crippen molar-refractivity contribution < 1.29 is 33.4 Å². The minimum atomic E-state index is -1.29. The maximum absolute atomic E-state index is 13.2. The highest BCUT2D eigenvalue weighted by atomic mass is 16.6. The molecule has 1 heterocycles. The summed E-state index contributed by atoms with van der Waals surface area (Å²) in [5.74, 6) is -1.98. The zero-order chi connectivity index (χ0) is 30.7. The van der Waals surface area contributed by atoms with Crippen LogP contribution in [0, 0.1) is 0 Å². The Morgan fingerprint density at radius 1 is 1.00 bits per heavy atom. The van der Waals surface area contributed by atoms with Crippen LogP contribution in [0.1, 0.15) is 43.1 Å². The molecule has 0 spiro atoms. The molecular weight excluding hydrogens is 546 g/mol. The Bertz CT molecular complexity index is 1420. The third-order valence-corrected chi connectivity index (χ3v) is 5.51. The Balaban J connectivity index is 1.68. The van der Waals surface area contributed by atoms with E-state index in [-0.39, 0.29) is 30.4 Å². The summed E-state index contributed by atoms with van der Waals surface area (Å²) in [6, 6.07) is 14.0. The van der Waals surface area contributed by atoms with Gasteiger partial charge < -0.3 is 25.4 Å². The number of hydrogen-bond acceptors (Lipinski definition) is 10. The van der Waals surface area contributed by atoms with Crippen LogP contribution in [0.2, 0.25) is 0 Å². The summed E-state index contributed by atoms with van der Waals surface area (Å²) in [5, 5.41) is 19.4. The number of aromatic nitrogens is 4. The maximum atomic E-state index is 13.2. The molecule has 2 aromatic carbocycles. The second-order valence-electron chi connectivity index (χ2n) is 10.1. The fourth-order valence-corrected chi connectivity index (χ4v) is 3.53. The van der Waals surface area contributed by atoms with E-state index in [2.05, 4.69) is 31.4 Å². The molecule has 1 atom stereocenters. The highest BCUT2D eigenvalue weighted by molar-refractivity contribution is 5.97. The largest absolute Gasteiger partial charge is 0.460 e. The molecule has 3 N–H and O–H groups in total. The van der Waals surface area contributed by atoms with E-state index in [1.807, 2.05) is 6.07 Å². The van der Waals surface area contributed by atoms with E-state index in [1.54, 1.807) is 63.2 Å². The van der Waals surface area contributed by atoms with Crippen molar-refractivity contribution in [3.63, 3.8) is 0 Å². The van der Waals surface area contributed by atoms with Gasteiger partial charge in [0.05, 0.1) is 13.0 Å². The monoisotopic (exact) mass is 579 g/mol. The summed E-state index contributed by atoms with van der Waals surface area (Å²) < 4.78 is 10.5. The lowest BCUT2D eigenvalue weighted by Crippen LogP contribution is -2.45. The van der Waals surface area contributed by atoms with Crippen molar-refractivity contribution in [3.8, 4) is 11.4 Å². The number of benzene rings is 2. The summed E-state index contributed by atoms with van der Waals surface area (Å²) in [6.07, 6.45) is -1.33. The number of likely N-dealkylation sites (N-methyl/N-ethyl adjacent to an activating group) is 1. The van der Waals surface area contributed by atoms with Crippen LogP contribution in [0.25, 0.3) is 11.4 Å². The number of carbonyl (C=O) groups excluding carboxylic acids is 5. The number of esters is 1. The number of Topliss-reactive ketones (excluding diaryl/α,β-unsaturated/α-hetero) is 1. The highest BCUT2D eigenvalue weighted by Gasteiger charge is 2.28. The third-order valence-electron chi connectivity index (χ3n) is 5.51. The van der Waals surface area contributed by atoms with Gasteiger partial charge in [-0.2, -0.15) is 4.80 Å². The van der Waals surface area contributed by atoms with Crippen molar-refractivity contribution in [2.75, 3.05) is 13.6 Å². The van der Waals surface area contributed by atoms with Crippen molar-refractivity contribution in [1.29, 1.82) is 0 Å². The van der Waals surface area contributed by atoms with Crippen molar-refractivity contribution in [2.45, 2.75) is 52.0 Å². The summed E-state index contributed by atoms with van der Waals surface area (Å²) in [6.45, 7) is 4.41. The summed E-state index contributed by atoms with van der Waals surface area (Å²) >= 11 is 0. The number of carbonyl (C=O) groups is 5. The van der Waals surface area contributed by atoms with Gasteiger partial charge in [0.1, 0.15) is 24.8 Å². The first-order chi connectivity index (χ1) is 19.9. The average molecular weight is 580 g/mol. The van der Waals surface area contributed by atoms with Gasteiger partial charge in [0.2, 0.25) is 11.7 Å². The number of nitrogens with zero attached hydrogens (tertiary/aromatic N) is 4. The Kier molecular flexibility index (Phi) is 10.8. The number of alkyl carbamates (subject to hydrolysis) is 1. The van der Waals surface area contributed by atoms with Crippen LogP contribution in [-0.2, 0) is 37.0 Å². The first-order valence-corrected chi connectivity index (χ1v) is 13.0. The molecule has 0 bridgehead atoms. The van der Waals surface area contributed by atoms with Gasteiger partial charge in [0, 0.05) is 18.2 Å². The quantitative estimate of drug-likeness (QED) is 0.265. The van der Waals surface area contributed by atoms with Crippen molar-refractivity contribution in [1.82, 2.24) is 36.2 Å². The second kappa shape index (κ2) is 14.5. The molecule has 1 unspecified atom stereocenters. The van der Waals surface area contributed by atoms with E-state index in [1.165, 1.54) is 13.1 Å². The van der Waals surface area contributed by atoms with Crippen LogP contribution in [0.15, 0.2) is 54.6 Å². The first-order valence-electron chi connectivity index (χ1n) is 13.0. The number of nitrogens with one attached hydrogen (secondary N) is 3. The molecule has 3 rings (SSSR count). The van der Waals surface area contributed by atoms with Crippen LogP contribution in [-0.4, -0.2) is 75.1 Å². The fraction of sp³-hybridized carbons (Fsp3) is 0.357. The number of ether oxygens (including phenoxy) is 2. The van der Waals surface area contributed by atoms with Gasteiger partial charge in [0.15, 0.2) is 5.78 Å². The Labute approximate surface area is 242 Å². The molecular formula is C28H33N7O7. The number of ketones is 1. The van der Waals surface area contributed by atoms with Crippen molar-refractivity contribution in [2.24, 2.45) is 0 Å². The molecule has 0 aliphatic carbocycles. The van der Waals surface area contributed by atoms with Gasteiger partial charge in [-0.3, -0.25) is 19.2 Å². The van der Waals surface area contributed by atoms with Crippen LogP contribution in [0.4, 0.5) is 4.79 Å². The molecule has 14 nitrogen and oxygen atoms in total. The molecule has 0 fully saturated rings. The van der Waals surface area contributed by atoms with Crippen LogP contribution in [0.3, 0.4) is 0 Å². The van der Waals surface area contributed by atoms with E-state index in [9.17, 15) is 24.0 Å². The number of tetrazole rings is 1. The van der Waals surface area contributed by atoms with Gasteiger partial charge in [-0.1, -0.05) is 42.5 Å². The number of rotatable bonds is 12. The molecule has 0 saturated carbocycles. The molecule has 0 saturated heterocycles. The zero-order valence-electron chi connectivity index (χ0n) is 23.7. The molecule has 14 heteroatoms. The van der Waals surface area contributed by atoms with Gasteiger partial charge >= 0.3 is 12.1 Å². The van der Waals surface area contributed by atoms with E-state index in [0.717, 1.165) is 10.4 Å². The summed E-state index contributed by atoms with van der Waals surface area (Å²) in [7, 11) is 1.46. The Hall–Kier alpha value is -5.14. The van der Waals surface area contributed by atoms with Gasteiger partial charge in [0.25, 0.3) is 5.91 Å². The number of amides is 3. The molecule has 3 aromatic rings. The predicted octanol–water partition coefficient (Wildman–Crippen LogP) is 1.41. The normalized spacial score (nSPS) is 11.6. The zero-order valence-corrected chi connectivity index (χ0v) is 23.7. The molecule has 42 heavy (non-hydrogen) atoms. The molecule has 0 radical (unpaired) electrons. The topological polar surface area (TPSA) is 183 Å². The van der Waals surface area contributed by atoms with E-state index < -0.39 is 48.4 Å². The van der Waals surface area contributed by atoms with E-state index >= 15 is 0 Å². The molecule has 3 amide bonds. The van der Waals surface area contributed by atoms with Crippen LogP contribution in [0.5, 0.6) is 0 Å². The third kappa shape index (κ3) is 10.1. The minimum Gasteiger partial charge on any atom is -0.460 e. The van der Waals surface area contributed by atoms with Crippen molar-refractivity contribution >= 4 is 29.7 Å². The van der Waals surface area contributed by atoms with Crippen molar-refractivity contribution in [3.05, 3.63) is 65.7 Å². The molecule has 0 aliphatic rings.